The number of aromatic nitrogens is 2. The molecule has 154 valence electrons. The van der Waals surface area contributed by atoms with Gasteiger partial charge in [-0.05, 0) is 30.7 Å². The molecule has 3 aromatic rings. The van der Waals surface area contributed by atoms with E-state index < -0.39 is 12.1 Å². The molecule has 0 radical (unpaired) electrons. The van der Waals surface area contributed by atoms with Gasteiger partial charge >= 0.3 is 5.97 Å². The number of ether oxygens (including phenoxy) is 1. The van der Waals surface area contributed by atoms with Crippen molar-refractivity contribution in [3.63, 3.8) is 0 Å². The Bertz CT molecular complexity index is 1250. The molecular weight excluding hydrogens is 382 g/mol. The fraction of sp³-hybridized carbons (Fsp3) is 0.348. The maximum Gasteiger partial charge on any atom is 0.340 e. The molecule has 2 aliphatic rings. The van der Waals surface area contributed by atoms with Gasteiger partial charge in [-0.3, -0.25) is 4.79 Å². The minimum absolute atomic E-state index is 0.110. The fourth-order valence-corrected chi connectivity index (χ4v) is 4.43. The normalized spacial score (nSPS) is 17.1. The van der Waals surface area contributed by atoms with Crippen LogP contribution in [0.25, 0.3) is 22.3 Å². The summed E-state index contributed by atoms with van der Waals surface area (Å²) in [5.74, 6) is -0.725. The van der Waals surface area contributed by atoms with E-state index in [1.165, 1.54) is 5.56 Å². The van der Waals surface area contributed by atoms with E-state index in [0.29, 0.717) is 29.4 Å². The van der Waals surface area contributed by atoms with Crippen molar-refractivity contribution in [1.82, 2.24) is 14.9 Å². The second-order valence-electron chi connectivity index (χ2n) is 8.16. The zero-order valence-electron chi connectivity index (χ0n) is 16.9. The van der Waals surface area contributed by atoms with Gasteiger partial charge in [0, 0.05) is 22.6 Å². The van der Waals surface area contributed by atoms with Gasteiger partial charge in [-0.2, -0.15) is 0 Å². The largest absolute Gasteiger partial charge is 0.458 e. The highest BCUT2D eigenvalue weighted by atomic mass is 16.5. The number of para-hydroxylation sites is 1. The highest BCUT2D eigenvalue weighted by molar-refractivity contribution is 5.88. The van der Waals surface area contributed by atoms with E-state index in [1.807, 2.05) is 18.2 Å². The highest BCUT2D eigenvalue weighted by Crippen LogP contribution is 2.37. The number of carbonyl (C=O) groups is 1. The lowest BCUT2D eigenvalue weighted by molar-refractivity contribution is -0.157. The van der Waals surface area contributed by atoms with Crippen molar-refractivity contribution < 1.29 is 14.6 Å². The summed E-state index contributed by atoms with van der Waals surface area (Å²) in [5, 5.41) is 14.8. The summed E-state index contributed by atoms with van der Waals surface area (Å²) >= 11 is 0. The lowest BCUT2D eigenvalue weighted by Crippen LogP contribution is -2.32. The van der Waals surface area contributed by atoms with Crippen LogP contribution in [0.5, 0.6) is 0 Å². The zero-order chi connectivity index (χ0) is 21.0. The quantitative estimate of drug-likeness (QED) is 0.505. The summed E-state index contributed by atoms with van der Waals surface area (Å²) in [6.45, 7) is 5.37. The molecule has 0 bridgehead atoms. The van der Waals surface area contributed by atoms with Gasteiger partial charge in [0.05, 0.1) is 29.0 Å². The Kier molecular flexibility index (Phi) is 4.45. The summed E-state index contributed by atoms with van der Waals surface area (Å²) in [4.78, 5) is 29.8. The summed E-state index contributed by atoms with van der Waals surface area (Å²) in [6, 6.07) is 10.1. The molecule has 1 atom stereocenters. The topological polar surface area (TPSA) is 93.5 Å². The third-order valence-corrected chi connectivity index (χ3v) is 5.91. The molecule has 0 saturated heterocycles. The first-order chi connectivity index (χ1) is 14.5. The number of nitrogens with one attached hydrogen (secondary N) is 1. The molecule has 0 unspecified atom stereocenters. The molecule has 0 fully saturated rings. The first-order valence-corrected chi connectivity index (χ1v) is 10.2. The van der Waals surface area contributed by atoms with Gasteiger partial charge in [0.1, 0.15) is 6.61 Å². The number of hydrogen-bond acceptors (Lipinski definition) is 6. The highest BCUT2D eigenvalue weighted by Gasteiger charge is 2.34. The second kappa shape index (κ2) is 7.04. The molecular formula is C23H23N3O4. The molecule has 4 heterocycles. The van der Waals surface area contributed by atoms with Crippen LogP contribution in [0.2, 0.25) is 0 Å². The summed E-state index contributed by atoms with van der Waals surface area (Å²) < 4.78 is 6.65. The number of aliphatic hydroxyl groups excluding tert-OH is 1. The maximum absolute atomic E-state index is 13.2. The van der Waals surface area contributed by atoms with Crippen LogP contribution in [-0.2, 0) is 29.1 Å². The van der Waals surface area contributed by atoms with E-state index in [4.69, 9.17) is 9.72 Å². The SMILES string of the molecule is CC(C)NCCc1c2c(nc3ccccc13)-c1cc3c(c(=O)n1C2)COC(=O)[C@H]3O. The molecule has 2 aromatic heterocycles. The monoisotopic (exact) mass is 405 g/mol. The van der Waals surface area contributed by atoms with Crippen LogP contribution in [-0.4, -0.2) is 33.2 Å². The van der Waals surface area contributed by atoms with Crippen LogP contribution in [0.3, 0.4) is 0 Å². The molecule has 7 nitrogen and oxygen atoms in total. The van der Waals surface area contributed by atoms with Crippen LogP contribution in [0.1, 0.15) is 42.2 Å². The minimum Gasteiger partial charge on any atom is -0.458 e. The molecule has 0 spiro atoms. The molecule has 1 aromatic carbocycles. The number of pyridine rings is 2. The first kappa shape index (κ1) is 19.0. The van der Waals surface area contributed by atoms with Crippen molar-refractivity contribution >= 4 is 16.9 Å². The van der Waals surface area contributed by atoms with E-state index in [1.54, 1.807) is 10.6 Å². The smallest absolute Gasteiger partial charge is 0.340 e. The van der Waals surface area contributed by atoms with Crippen LogP contribution in [0.4, 0.5) is 0 Å². The van der Waals surface area contributed by atoms with E-state index in [0.717, 1.165) is 35.1 Å². The predicted molar refractivity (Wildman–Crippen MR) is 112 cm³/mol. The van der Waals surface area contributed by atoms with Crippen molar-refractivity contribution in [3.05, 3.63) is 62.9 Å². The molecule has 0 saturated carbocycles. The van der Waals surface area contributed by atoms with Crippen molar-refractivity contribution in [2.24, 2.45) is 0 Å². The Morgan fingerprint density at radius 1 is 1.27 bits per heavy atom. The zero-order valence-corrected chi connectivity index (χ0v) is 16.9. The molecule has 5 rings (SSSR count). The molecule has 30 heavy (non-hydrogen) atoms. The number of nitrogens with zero attached hydrogens (tertiary/aromatic N) is 2. The van der Waals surface area contributed by atoms with Crippen LogP contribution >= 0.6 is 0 Å². The van der Waals surface area contributed by atoms with Crippen molar-refractivity contribution in [2.75, 3.05) is 6.54 Å². The molecule has 7 heteroatoms. The first-order valence-electron chi connectivity index (χ1n) is 10.2. The Balaban J connectivity index is 1.70. The average molecular weight is 405 g/mol. The fourth-order valence-electron chi connectivity index (χ4n) is 4.43. The lowest BCUT2D eigenvalue weighted by atomic mass is 9.97. The van der Waals surface area contributed by atoms with Gasteiger partial charge in [-0.1, -0.05) is 32.0 Å². The van der Waals surface area contributed by atoms with E-state index in [-0.39, 0.29) is 12.2 Å². The molecule has 2 aliphatic heterocycles. The minimum atomic E-state index is -1.44. The number of carbonyl (C=O) groups excluding carboxylic acids is 1. The van der Waals surface area contributed by atoms with E-state index in [2.05, 4.69) is 25.2 Å². The Morgan fingerprint density at radius 3 is 2.87 bits per heavy atom. The number of cyclic esters (lactones) is 1. The number of esters is 1. The van der Waals surface area contributed by atoms with Gasteiger partial charge in [-0.15, -0.1) is 0 Å². The summed E-state index contributed by atoms with van der Waals surface area (Å²) in [6.07, 6.45) is -0.623. The Morgan fingerprint density at radius 2 is 2.07 bits per heavy atom. The number of aliphatic hydroxyl groups is 1. The van der Waals surface area contributed by atoms with Crippen molar-refractivity contribution in [2.45, 2.75) is 45.6 Å². The van der Waals surface area contributed by atoms with Gasteiger partial charge < -0.3 is 19.7 Å². The summed E-state index contributed by atoms with van der Waals surface area (Å²) in [5.41, 5.74) is 4.90. The predicted octanol–water partition coefficient (Wildman–Crippen LogP) is 2.06. The number of benzene rings is 1. The van der Waals surface area contributed by atoms with E-state index in [9.17, 15) is 14.7 Å². The van der Waals surface area contributed by atoms with Crippen LogP contribution in [0, 0.1) is 0 Å². The number of rotatable bonds is 4. The van der Waals surface area contributed by atoms with Gasteiger partial charge in [0.15, 0.2) is 6.10 Å². The van der Waals surface area contributed by atoms with Gasteiger partial charge in [0.2, 0.25) is 0 Å². The maximum atomic E-state index is 13.2. The third-order valence-electron chi connectivity index (χ3n) is 5.91. The third kappa shape index (κ3) is 2.85. The standard InChI is InChI=1S/C23H23N3O4/c1-12(2)24-8-7-13-14-5-3-4-6-18(14)25-20-16(13)10-26-19(20)9-15-17(22(26)28)11-30-23(29)21(15)27/h3-6,9,12,21,24,27H,7-8,10-11H2,1-2H3/t21-/m0/s1. The number of fused-ring (bicyclic) bond motifs is 5. The lowest BCUT2D eigenvalue weighted by Gasteiger charge is -2.21. The molecule has 0 amide bonds. The van der Waals surface area contributed by atoms with Crippen molar-refractivity contribution in [1.29, 1.82) is 0 Å². The van der Waals surface area contributed by atoms with Crippen LogP contribution in [0.15, 0.2) is 35.1 Å². The Labute approximate surface area is 173 Å². The Hall–Kier alpha value is -3.03. The van der Waals surface area contributed by atoms with Crippen molar-refractivity contribution in [3.8, 4) is 11.4 Å². The molecule has 2 N–H and O–H groups in total. The van der Waals surface area contributed by atoms with Crippen LogP contribution < -0.4 is 10.9 Å². The molecule has 0 aliphatic carbocycles. The summed E-state index contributed by atoms with van der Waals surface area (Å²) in [7, 11) is 0. The second-order valence-corrected chi connectivity index (χ2v) is 8.16. The average Bonchev–Trinajstić information content (AvgIpc) is 3.09. The van der Waals surface area contributed by atoms with Gasteiger partial charge in [-0.25, -0.2) is 9.78 Å². The van der Waals surface area contributed by atoms with Gasteiger partial charge in [0.25, 0.3) is 5.56 Å². The van der Waals surface area contributed by atoms with E-state index >= 15 is 0 Å². The number of hydrogen-bond donors (Lipinski definition) is 2.